The van der Waals surface area contributed by atoms with Crippen LogP contribution in [0, 0.1) is 0 Å². The first-order valence-electron chi connectivity index (χ1n) is 10.6. The monoisotopic (exact) mass is 466 g/mol. The Bertz CT molecular complexity index is 445. The summed E-state index contributed by atoms with van der Waals surface area (Å²) in [7, 11) is 0. The van der Waals surface area contributed by atoms with Crippen LogP contribution in [0.5, 0.6) is 0 Å². The zero-order valence-corrected chi connectivity index (χ0v) is 19.1. The van der Waals surface area contributed by atoms with E-state index in [4.69, 9.17) is 42.6 Å². The van der Waals surface area contributed by atoms with E-state index in [2.05, 4.69) is 6.58 Å². The van der Waals surface area contributed by atoms with Crippen molar-refractivity contribution >= 4 is 11.9 Å². The lowest BCUT2D eigenvalue weighted by Crippen LogP contribution is -2.15. The lowest BCUT2D eigenvalue weighted by atomic mass is 10.6. The molecular weight excluding hydrogens is 428 g/mol. The second-order valence-electron chi connectivity index (χ2n) is 6.00. The quantitative estimate of drug-likeness (QED) is 0.106. The summed E-state index contributed by atoms with van der Waals surface area (Å²) in [4.78, 5) is 21.3. The number of hydrogen-bond acceptors (Lipinski definition) is 11. The number of hydrogen-bond donors (Lipinski definition) is 0. The van der Waals surface area contributed by atoms with Crippen molar-refractivity contribution in [1.29, 1.82) is 0 Å². The number of rotatable bonds is 25. The molecule has 11 heteroatoms. The van der Waals surface area contributed by atoms with Crippen LogP contribution in [0.15, 0.2) is 12.7 Å². The van der Waals surface area contributed by atoms with E-state index in [9.17, 15) is 9.59 Å². The van der Waals surface area contributed by atoms with Gasteiger partial charge in [-0.15, -0.1) is 0 Å². The van der Waals surface area contributed by atoms with Gasteiger partial charge in [0.25, 0.3) is 0 Å². The van der Waals surface area contributed by atoms with E-state index >= 15 is 0 Å². The van der Waals surface area contributed by atoms with Crippen molar-refractivity contribution in [2.24, 2.45) is 0 Å². The maximum Gasteiger partial charge on any atom is 0.330 e. The first kappa shape index (κ1) is 30.4. The predicted molar refractivity (Wildman–Crippen MR) is 114 cm³/mol. The molecule has 0 aliphatic heterocycles. The minimum Gasteiger partial charge on any atom is -0.463 e. The van der Waals surface area contributed by atoms with E-state index in [1.54, 1.807) is 0 Å². The number of ether oxygens (including phenoxy) is 9. The first-order valence-corrected chi connectivity index (χ1v) is 10.6. The van der Waals surface area contributed by atoms with Gasteiger partial charge in [0.05, 0.1) is 92.5 Å². The Labute approximate surface area is 190 Å². The molecule has 0 N–H and O–H groups in total. The van der Waals surface area contributed by atoms with Crippen LogP contribution in [0.1, 0.15) is 6.92 Å². The Balaban J connectivity index is 3.04. The molecule has 0 fully saturated rings. The molecular formula is C21H38O11. The van der Waals surface area contributed by atoms with Gasteiger partial charge in [0.15, 0.2) is 0 Å². The normalized spacial score (nSPS) is 10.8. The second kappa shape index (κ2) is 25.7. The van der Waals surface area contributed by atoms with E-state index in [1.807, 2.05) is 0 Å². The van der Waals surface area contributed by atoms with Gasteiger partial charge in [-0.3, -0.25) is 4.79 Å². The van der Waals surface area contributed by atoms with Crippen molar-refractivity contribution in [2.75, 3.05) is 106 Å². The summed E-state index contributed by atoms with van der Waals surface area (Å²) in [6, 6.07) is 0. The highest BCUT2D eigenvalue weighted by Crippen LogP contribution is 1.86. The standard InChI is InChI=1S/C21H38O11/c1-3-21(23)32-19-17-30-15-13-28-11-9-26-7-5-24-4-6-25-8-10-27-12-14-29-16-18-31-20(2)22/h3H,1,4-19H2,2H3. The van der Waals surface area contributed by atoms with Crippen molar-refractivity contribution in [3.8, 4) is 0 Å². The molecule has 0 radical (unpaired) electrons. The molecule has 0 saturated carbocycles. The molecule has 0 bridgehead atoms. The Kier molecular flexibility index (Phi) is 24.4. The fourth-order valence-electron chi connectivity index (χ4n) is 1.93. The molecule has 0 aromatic heterocycles. The van der Waals surface area contributed by atoms with Crippen molar-refractivity contribution in [1.82, 2.24) is 0 Å². The average molecular weight is 467 g/mol. The van der Waals surface area contributed by atoms with Crippen LogP contribution in [-0.2, 0) is 52.2 Å². The molecule has 0 atom stereocenters. The van der Waals surface area contributed by atoms with E-state index in [-0.39, 0.29) is 19.2 Å². The van der Waals surface area contributed by atoms with E-state index in [0.29, 0.717) is 92.5 Å². The molecule has 0 heterocycles. The molecule has 0 aromatic carbocycles. The zero-order valence-electron chi connectivity index (χ0n) is 19.1. The summed E-state index contributed by atoms with van der Waals surface area (Å²) in [6.07, 6.45) is 1.11. The molecule has 0 unspecified atom stereocenters. The molecule has 0 saturated heterocycles. The lowest BCUT2D eigenvalue weighted by Gasteiger charge is -2.08. The van der Waals surface area contributed by atoms with Crippen molar-refractivity contribution in [2.45, 2.75) is 6.92 Å². The molecule has 0 rings (SSSR count). The smallest absolute Gasteiger partial charge is 0.330 e. The Morgan fingerprint density at radius 2 is 0.750 bits per heavy atom. The van der Waals surface area contributed by atoms with Crippen molar-refractivity contribution in [3.63, 3.8) is 0 Å². The van der Waals surface area contributed by atoms with Gasteiger partial charge in [-0.2, -0.15) is 0 Å². The van der Waals surface area contributed by atoms with Crippen LogP contribution in [0.4, 0.5) is 0 Å². The van der Waals surface area contributed by atoms with E-state index in [1.165, 1.54) is 6.92 Å². The highest BCUT2D eigenvalue weighted by atomic mass is 16.6. The van der Waals surface area contributed by atoms with Crippen LogP contribution < -0.4 is 0 Å². The lowest BCUT2D eigenvalue weighted by molar-refractivity contribution is -0.142. The predicted octanol–water partition coefficient (Wildman–Crippen LogP) is 0.395. The Hall–Kier alpha value is -1.60. The summed E-state index contributed by atoms with van der Waals surface area (Å²) >= 11 is 0. The van der Waals surface area contributed by atoms with Crippen molar-refractivity contribution in [3.05, 3.63) is 12.7 Å². The molecule has 0 amide bonds. The van der Waals surface area contributed by atoms with Gasteiger partial charge in [-0.25, -0.2) is 4.79 Å². The third-order valence-corrected chi connectivity index (χ3v) is 3.40. The maximum atomic E-state index is 10.8. The third kappa shape index (κ3) is 26.4. The van der Waals surface area contributed by atoms with E-state index in [0.717, 1.165) is 6.08 Å². The van der Waals surface area contributed by atoms with Gasteiger partial charge in [0.2, 0.25) is 0 Å². The largest absolute Gasteiger partial charge is 0.463 e. The highest BCUT2D eigenvalue weighted by molar-refractivity contribution is 5.81. The van der Waals surface area contributed by atoms with Crippen LogP contribution >= 0.6 is 0 Å². The zero-order chi connectivity index (χ0) is 23.5. The minimum atomic E-state index is -0.461. The van der Waals surface area contributed by atoms with Gasteiger partial charge in [-0.1, -0.05) is 6.58 Å². The molecule has 0 aromatic rings. The fraction of sp³-hybridized carbons (Fsp3) is 0.810. The highest BCUT2D eigenvalue weighted by Gasteiger charge is 1.97. The molecule has 0 aliphatic rings. The molecule has 32 heavy (non-hydrogen) atoms. The first-order chi connectivity index (χ1) is 15.7. The minimum absolute atomic E-state index is 0.198. The van der Waals surface area contributed by atoms with Gasteiger partial charge in [0.1, 0.15) is 13.2 Å². The summed E-state index contributed by atoms with van der Waals surface area (Å²) in [5.74, 6) is -0.775. The molecule has 11 nitrogen and oxygen atoms in total. The van der Waals surface area contributed by atoms with Gasteiger partial charge in [0, 0.05) is 13.0 Å². The third-order valence-electron chi connectivity index (χ3n) is 3.40. The van der Waals surface area contributed by atoms with Crippen LogP contribution in [0.25, 0.3) is 0 Å². The topological polar surface area (TPSA) is 117 Å². The maximum absolute atomic E-state index is 10.8. The molecule has 0 spiro atoms. The molecule has 188 valence electrons. The van der Waals surface area contributed by atoms with Gasteiger partial charge < -0.3 is 42.6 Å². The SMILES string of the molecule is C=CC(=O)OCCOCCOCCOCCOCCOCCOCCOCCOC(C)=O. The van der Waals surface area contributed by atoms with Crippen LogP contribution in [0.3, 0.4) is 0 Å². The van der Waals surface area contributed by atoms with Crippen LogP contribution in [0.2, 0.25) is 0 Å². The Morgan fingerprint density at radius 3 is 1.00 bits per heavy atom. The Morgan fingerprint density at radius 1 is 0.500 bits per heavy atom. The summed E-state index contributed by atoms with van der Waals surface area (Å²) in [5.41, 5.74) is 0. The number of esters is 2. The summed E-state index contributed by atoms with van der Waals surface area (Å²) in [5, 5.41) is 0. The number of carbonyl (C=O) groups is 2. The van der Waals surface area contributed by atoms with E-state index < -0.39 is 5.97 Å². The average Bonchev–Trinajstić information content (AvgIpc) is 2.78. The number of carbonyl (C=O) groups excluding carboxylic acids is 2. The second-order valence-corrected chi connectivity index (χ2v) is 6.00. The summed E-state index contributed by atoms with van der Waals surface area (Å²) < 4.78 is 46.8. The van der Waals surface area contributed by atoms with Crippen molar-refractivity contribution < 1.29 is 52.2 Å². The van der Waals surface area contributed by atoms with Gasteiger partial charge >= 0.3 is 11.9 Å². The molecule has 0 aliphatic carbocycles. The summed E-state index contributed by atoms with van der Waals surface area (Å²) in [6.45, 7) is 11.4. The van der Waals surface area contributed by atoms with Crippen LogP contribution in [-0.4, -0.2) is 118 Å². The van der Waals surface area contributed by atoms with Gasteiger partial charge in [-0.05, 0) is 0 Å². The fourth-order valence-corrected chi connectivity index (χ4v) is 1.93.